The van der Waals surface area contributed by atoms with E-state index in [1.807, 2.05) is 43.6 Å². The van der Waals surface area contributed by atoms with Crippen LogP contribution in [0.1, 0.15) is 37.7 Å². The van der Waals surface area contributed by atoms with Crippen molar-refractivity contribution in [3.05, 3.63) is 78.6 Å². The Balaban J connectivity index is 1.26. The second-order valence-corrected chi connectivity index (χ2v) is 10.3. The van der Waals surface area contributed by atoms with E-state index in [9.17, 15) is 4.39 Å². The smallest absolute Gasteiger partial charge is 0.155 e. The van der Waals surface area contributed by atoms with Crippen LogP contribution in [0.5, 0.6) is 5.75 Å². The Morgan fingerprint density at radius 1 is 0.846 bits per heavy atom. The first kappa shape index (κ1) is 23.5. The number of hydrogen-bond donors (Lipinski definition) is 2. The number of benzene rings is 1. The molecule has 7 nitrogen and oxygen atoms in total. The maximum atomic E-state index is 14.2. The zero-order valence-corrected chi connectivity index (χ0v) is 21.5. The Morgan fingerprint density at radius 3 is 2.59 bits per heavy atom. The third kappa shape index (κ3) is 4.52. The topological polar surface area (TPSA) is 92.4 Å². The summed E-state index contributed by atoms with van der Waals surface area (Å²) in [4.78, 5) is 17.1. The summed E-state index contributed by atoms with van der Waals surface area (Å²) < 4.78 is 20.4. The standard InChI is InChI=1S/C31H27FN6O/c1-18-9-19(11-22(32)10-18)29-25-14-28(36-27(25)7-8-34-29)30-26-13-21(16-35-31(26)38-37-30)20-12-24(17-33-15-20)39-23-5-3-2-4-6-23/h7-17,23,36H,2-6H2,1H3,(H,35,37,38). The number of pyridine rings is 3. The number of aromatic amines is 2. The van der Waals surface area contributed by atoms with E-state index in [0.717, 1.165) is 74.2 Å². The minimum absolute atomic E-state index is 0.259. The molecule has 0 amide bonds. The maximum absolute atomic E-state index is 14.2. The van der Waals surface area contributed by atoms with E-state index in [0.29, 0.717) is 5.65 Å². The Bertz CT molecular complexity index is 1800. The van der Waals surface area contributed by atoms with Gasteiger partial charge in [-0.05, 0) is 80.6 Å². The van der Waals surface area contributed by atoms with Crippen LogP contribution in [0.2, 0.25) is 0 Å². The van der Waals surface area contributed by atoms with E-state index in [4.69, 9.17) is 4.74 Å². The molecule has 1 aliphatic rings. The van der Waals surface area contributed by atoms with Crippen molar-refractivity contribution in [1.82, 2.24) is 30.1 Å². The van der Waals surface area contributed by atoms with E-state index in [2.05, 4.69) is 36.2 Å². The highest BCUT2D eigenvalue weighted by molar-refractivity contribution is 6.00. The molecule has 0 bridgehead atoms. The lowest BCUT2D eigenvalue weighted by atomic mass is 9.98. The quantitative estimate of drug-likeness (QED) is 0.248. The number of fused-ring (bicyclic) bond motifs is 2. The van der Waals surface area contributed by atoms with Crippen molar-refractivity contribution in [2.45, 2.75) is 45.1 Å². The van der Waals surface area contributed by atoms with Gasteiger partial charge in [0.15, 0.2) is 5.65 Å². The van der Waals surface area contributed by atoms with Crippen LogP contribution in [-0.4, -0.2) is 36.2 Å². The summed E-state index contributed by atoms with van der Waals surface area (Å²) in [5, 5.41) is 9.41. The van der Waals surface area contributed by atoms with Gasteiger partial charge in [-0.3, -0.25) is 15.1 Å². The summed E-state index contributed by atoms with van der Waals surface area (Å²) in [6, 6.07) is 13.0. The number of ether oxygens (including phenoxy) is 1. The lowest BCUT2D eigenvalue weighted by molar-refractivity contribution is 0.154. The van der Waals surface area contributed by atoms with Crippen LogP contribution in [0.3, 0.4) is 0 Å². The fraction of sp³-hybridized carbons (Fsp3) is 0.226. The van der Waals surface area contributed by atoms with Crippen molar-refractivity contribution in [1.29, 1.82) is 0 Å². The molecule has 5 heterocycles. The number of nitrogens with one attached hydrogen (secondary N) is 2. The van der Waals surface area contributed by atoms with E-state index in [1.165, 1.54) is 31.4 Å². The fourth-order valence-electron chi connectivity index (χ4n) is 5.57. The van der Waals surface area contributed by atoms with Crippen LogP contribution >= 0.6 is 0 Å². The Hall–Kier alpha value is -4.59. The molecule has 1 aliphatic carbocycles. The summed E-state index contributed by atoms with van der Waals surface area (Å²) in [7, 11) is 0. The third-order valence-corrected chi connectivity index (χ3v) is 7.44. The lowest BCUT2D eigenvalue weighted by Crippen LogP contribution is -2.19. The van der Waals surface area contributed by atoms with Crippen molar-refractivity contribution in [2.24, 2.45) is 0 Å². The number of hydrogen-bond acceptors (Lipinski definition) is 5. The molecule has 0 saturated heterocycles. The number of H-pyrrole nitrogens is 2. The summed E-state index contributed by atoms with van der Waals surface area (Å²) in [6.07, 6.45) is 13.3. The summed E-state index contributed by atoms with van der Waals surface area (Å²) in [6.45, 7) is 1.88. The second-order valence-electron chi connectivity index (χ2n) is 10.3. The highest BCUT2D eigenvalue weighted by atomic mass is 19.1. The Morgan fingerprint density at radius 2 is 1.72 bits per heavy atom. The molecule has 1 fully saturated rings. The summed E-state index contributed by atoms with van der Waals surface area (Å²) in [5.41, 5.74) is 7.33. The first-order chi connectivity index (χ1) is 19.1. The predicted octanol–water partition coefficient (Wildman–Crippen LogP) is 7.39. The number of aryl methyl sites for hydroxylation is 1. The number of aromatic nitrogens is 6. The number of rotatable bonds is 5. The molecule has 0 aliphatic heterocycles. The first-order valence-electron chi connectivity index (χ1n) is 13.3. The van der Waals surface area contributed by atoms with Gasteiger partial charge in [-0.2, -0.15) is 5.10 Å². The van der Waals surface area contributed by atoms with Gasteiger partial charge < -0.3 is 9.72 Å². The SMILES string of the molecule is Cc1cc(F)cc(-c2nccc3[nH]c(-c4n[nH]c5ncc(-c6cncc(OC7CCCCC7)c6)cc45)cc23)c1. The van der Waals surface area contributed by atoms with Gasteiger partial charge in [0.25, 0.3) is 0 Å². The van der Waals surface area contributed by atoms with Gasteiger partial charge in [0.05, 0.1) is 23.7 Å². The molecule has 194 valence electrons. The molecule has 39 heavy (non-hydrogen) atoms. The molecule has 5 aromatic heterocycles. The number of halogens is 1. The molecule has 6 aromatic rings. The highest BCUT2D eigenvalue weighted by Gasteiger charge is 2.18. The van der Waals surface area contributed by atoms with Crippen molar-refractivity contribution in [3.63, 3.8) is 0 Å². The molecule has 1 saturated carbocycles. The van der Waals surface area contributed by atoms with Gasteiger partial charge >= 0.3 is 0 Å². The van der Waals surface area contributed by atoms with Gasteiger partial charge in [0.1, 0.15) is 17.3 Å². The number of nitrogens with zero attached hydrogens (tertiary/aromatic N) is 4. The molecule has 2 N–H and O–H groups in total. The lowest BCUT2D eigenvalue weighted by Gasteiger charge is -2.23. The summed E-state index contributed by atoms with van der Waals surface area (Å²) >= 11 is 0. The minimum atomic E-state index is -0.279. The van der Waals surface area contributed by atoms with Crippen molar-refractivity contribution < 1.29 is 9.13 Å². The monoisotopic (exact) mass is 518 g/mol. The van der Waals surface area contributed by atoms with Gasteiger partial charge in [-0.15, -0.1) is 0 Å². The van der Waals surface area contributed by atoms with Crippen LogP contribution in [0.25, 0.3) is 55.7 Å². The van der Waals surface area contributed by atoms with E-state index in [-0.39, 0.29) is 11.9 Å². The van der Waals surface area contributed by atoms with Crippen molar-refractivity contribution in [2.75, 3.05) is 0 Å². The third-order valence-electron chi connectivity index (χ3n) is 7.44. The molecular formula is C31H27FN6O. The fourth-order valence-corrected chi connectivity index (χ4v) is 5.57. The molecule has 8 heteroatoms. The van der Waals surface area contributed by atoms with Crippen molar-refractivity contribution >= 4 is 21.9 Å². The van der Waals surface area contributed by atoms with Gasteiger partial charge in [-0.1, -0.05) is 6.42 Å². The predicted molar refractivity (Wildman–Crippen MR) is 150 cm³/mol. The van der Waals surface area contributed by atoms with E-state index >= 15 is 0 Å². The molecule has 7 rings (SSSR count). The Kier molecular flexibility index (Phi) is 5.80. The van der Waals surface area contributed by atoms with Crippen LogP contribution in [0.4, 0.5) is 4.39 Å². The average Bonchev–Trinajstić information content (AvgIpc) is 3.57. The molecular weight excluding hydrogens is 491 g/mol. The first-order valence-corrected chi connectivity index (χ1v) is 13.3. The highest BCUT2D eigenvalue weighted by Crippen LogP contribution is 2.35. The zero-order valence-electron chi connectivity index (χ0n) is 21.5. The molecule has 0 unspecified atom stereocenters. The zero-order chi connectivity index (χ0) is 26.3. The van der Waals surface area contributed by atoms with Crippen LogP contribution in [-0.2, 0) is 0 Å². The summed E-state index contributed by atoms with van der Waals surface area (Å²) in [5.74, 6) is 0.509. The van der Waals surface area contributed by atoms with E-state index in [1.54, 1.807) is 12.4 Å². The van der Waals surface area contributed by atoms with Crippen LogP contribution in [0.15, 0.2) is 67.3 Å². The maximum Gasteiger partial charge on any atom is 0.155 e. The average molecular weight is 519 g/mol. The van der Waals surface area contributed by atoms with E-state index < -0.39 is 0 Å². The molecule has 0 spiro atoms. The normalized spacial score (nSPS) is 14.3. The molecule has 0 radical (unpaired) electrons. The van der Waals surface area contributed by atoms with Gasteiger partial charge in [-0.25, -0.2) is 9.37 Å². The minimum Gasteiger partial charge on any atom is -0.489 e. The van der Waals surface area contributed by atoms with Gasteiger partial charge in [0.2, 0.25) is 0 Å². The van der Waals surface area contributed by atoms with Crippen LogP contribution < -0.4 is 4.74 Å². The van der Waals surface area contributed by atoms with Crippen molar-refractivity contribution in [3.8, 4) is 39.5 Å². The molecule has 0 atom stereocenters. The molecule has 1 aromatic carbocycles. The van der Waals surface area contributed by atoms with Gasteiger partial charge in [0, 0.05) is 51.6 Å². The second kappa shape index (κ2) is 9.62. The Labute approximate surface area is 224 Å². The largest absolute Gasteiger partial charge is 0.489 e. The van der Waals surface area contributed by atoms with Crippen LogP contribution in [0, 0.1) is 12.7 Å².